The summed E-state index contributed by atoms with van der Waals surface area (Å²) in [4.78, 5) is 13.3. The molecule has 0 spiro atoms. The molecule has 3 aliphatic heterocycles. The molecule has 0 aliphatic carbocycles. The molecule has 0 saturated carbocycles. The smallest absolute Gasteiger partial charge is 0.221 e. The summed E-state index contributed by atoms with van der Waals surface area (Å²) in [5.41, 5.74) is 0. The van der Waals surface area contributed by atoms with Crippen LogP contribution in [-0.4, -0.2) is 43.0 Å². The van der Waals surface area contributed by atoms with Crippen molar-refractivity contribution in [2.24, 2.45) is 0 Å². The van der Waals surface area contributed by atoms with Crippen molar-refractivity contribution in [2.75, 3.05) is 19.0 Å². The minimum Gasteiger partial charge on any atom is -0.486 e. The molecule has 2 unspecified atom stereocenters. The van der Waals surface area contributed by atoms with Gasteiger partial charge in [-0.25, -0.2) is 0 Å². The van der Waals surface area contributed by atoms with Crippen LogP contribution in [0.1, 0.15) is 32.1 Å². The Hall–Kier alpha value is -1.11. The maximum absolute atomic E-state index is 12.2. The summed E-state index contributed by atoms with van der Waals surface area (Å²) < 4.78 is 11.1. The van der Waals surface area contributed by atoms with Crippen molar-refractivity contribution in [3.8, 4) is 11.5 Å². The Morgan fingerprint density at radius 1 is 1.16 bits per heavy atom. The Morgan fingerprint density at radius 3 is 2.64 bits per heavy atom. The van der Waals surface area contributed by atoms with Crippen LogP contribution in [0.2, 0.25) is 0 Å². The molecule has 0 aromatic heterocycles. The van der Waals surface area contributed by atoms with E-state index in [1.807, 2.05) is 18.2 Å². The molecule has 2 bridgehead atoms. The molecule has 4 rings (SSSR count). The van der Waals surface area contributed by atoms with E-state index in [9.17, 15) is 4.79 Å². The normalized spacial score (nSPS) is 26.6. The number of benzene rings is 1. The number of carbonyl (C=O) groups is 1. The average Bonchev–Trinajstić information content (AvgIpc) is 2.93. The summed E-state index contributed by atoms with van der Waals surface area (Å²) in [6.45, 7) is 1.21. The molecule has 3 heterocycles. The first-order valence-corrected chi connectivity index (χ1v) is 9.83. The van der Waals surface area contributed by atoms with Crippen LogP contribution >= 0.6 is 24.2 Å². The van der Waals surface area contributed by atoms with Gasteiger partial charge in [0.15, 0.2) is 11.5 Å². The van der Waals surface area contributed by atoms with Crippen molar-refractivity contribution < 1.29 is 14.3 Å². The number of nitrogens with one attached hydrogen (secondary N) is 2. The van der Waals surface area contributed by atoms with Gasteiger partial charge < -0.3 is 20.1 Å². The molecule has 25 heavy (non-hydrogen) atoms. The van der Waals surface area contributed by atoms with Crippen molar-refractivity contribution in [1.29, 1.82) is 0 Å². The van der Waals surface area contributed by atoms with E-state index < -0.39 is 0 Å². The van der Waals surface area contributed by atoms with E-state index in [-0.39, 0.29) is 18.3 Å². The fraction of sp³-hybridized carbons (Fsp3) is 0.611. The first kappa shape index (κ1) is 18.7. The lowest BCUT2D eigenvalue weighted by atomic mass is 10.00. The van der Waals surface area contributed by atoms with Crippen molar-refractivity contribution in [3.63, 3.8) is 0 Å². The molecule has 0 radical (unpaired) electrons. The van der Waals surface area contributed by atoms with Gasteiger partial charge in [-0.3, -0.25) is 4.79 Å². The van der Waals surface area contributed by atoms with Crippen molar-refractivity contribution in [3.05, 3.63) is 18.2 Å². The van der Waals surface area contributed by atoms with Gasteiger partial charge in [-0.2, -0.15) is 0 Å². The molecule has 138 valence electrons. The summed E-state index contributed by atoms with van der Waals surface area (Å²) in [7, 11) is 0. The largest absolute Gasteiger partial charge is 0.486 e. The maximum atomic E-state index is 12.2. The summed E-state index contributed by atoms with van der Waals surface area (Å²) in [5.74, 6) is 2.57. The number of piperidine rings is 1. The summed E-state index contributed by atoms with van der Waals surface area (Å²) in [6, 6.07) is 7.56. The molecule has 3 aliphatic rings. The number of thioether (sulfide) groups is 1. The lowest BCUT2D eigenvalue weighted by molar-refractivity contribution is -0.121. The number of fused-ring (bicyclic) bond motifs is 3. The quantitative estimate of drug-likeness (QED) is 0.764. The van der Waals surface area contributed by atoms with Gasteiger partial charge in [-0.1, -0.05) is 0 Å². The van der Waals surface area contributed by atoms with Gasteiger partial charge in [-0.15, -0.1) is 24.2 Å². The molecule has 2 atom stereocenters. The molecular weight excluding hydrogens is 360 g/mol. The summed E-state index contributed by atoms with van der Waals surface area (Å²) >= 11 is 1.69. The Bertz CT molecular complexity index is 604. The van der Waals surface area contributed by atoms with Gasteiger partial charge in [0.2, 0.25) is 5.91 Å². The predicted octanol–water partition coefficient (Wildman–Crippen LogP) is 2.76. The van der Waals surface area contributed by atoms with Gasteiger partial charge >= 0.3 is 0 Å². The molecule has 2 saturated heterocycles. The molecule has 2 fully saturated rings. The van der Waals surface area contributed by atoms with Gasteiger partial charge in [0.25, 0.3) is 0 Å². The molecular formula is C18H25ClN2O3S. The van der Waals surface area contributed by atoms with E-state index in [0.29, 0.717) is 37.8 Å². The Labute approximate surface area is 159 Å². The van der Waals surface area contributed by atoms with E-state index in [4.69, 9.17) is 9.47 Å². The van der Waals surface area contributed by atoms with E-state index in [0.717, 1.165) is 35.0 Å². The van der Waals surface area contributed by atoms with Crippen LogP contribution in [-0.2, 0) is 4.79 Å². The van der Waals surface area contributed by atoms with Gasteiger partial charge in [0, 0.05) is 35.2 Å². The minimum absolute atomic E-state index is 0. The highest BCUT2D eigenvalue weighted by molar-refractivity contribution is 7.99. The molecule has 1 aromatic carbocycles. The lowest BCUT2D eigenvalue weighted by Crippen LogP contribution is -2.48. The van der Waals surface area contributed by atoms with Crippen LogP contribution < -0.4 is 20.1 Å². The predicted molar refractivity (Wildman–Crippen MR) is 101 cm³/mol. The topological polar surface area (TPSA) is 59.6 Å². The van der Waals surface area contributed by atoms with Crippen LogP contribution in [0.3, 0.4) is 0 Å². The molecule has 1 amide bonds. The SMILES string of the molecule is Cl.O=C(CCSc1ccc2c(c1)OCCO2)NC1CC2CCC(C1)N2. The zero-order valence-electron chi connectivity index (χ0n) is 14.2. The zero-order valence-corrected chi connectivity index (χ0v) is 15.8. The molecule has 1 aromatic rings. The third kappa shape index (κ3) is 4.74. The second-order valence-corrected chi connectivity index (χ2v) is 7.95. The van der Waals surface area contributed by atoms with Crippen LogP contribution in [0.25, 0.3) is 0 Å². The number of rotatable bonds is 5. The van der Waals surface area contributed by atoms with Crippen molar-refractivity contribution in [1.82, 2.24) is 10.6 Å². The lowest BCUT2D eigenvalue weighted by Gasteiger charge is -2.29. The van der Waals surface area contributed by atoms with Crippen molar-refractivity contribution in [2.45, 2.75) is 55.1 Å². The van der Waals surface area contributed by atoms with Crippen LogP contribution in [0, 0.1) is 0 Å². The standard InChI is InChI=1S/C18H24N2O3S.ClH/c21-18(20-14-9-12-1-2-13(10-14)19-12)5-8-24-15-3-4-16-17(11-15)23-7-6-22-16;/h3-4,11-14,19H,1-2,5-10H2,(H,20,21);1H. The minimum atomic E-state index is 0. The van der Waals surface area contributed by atoms with Gasteiger partial charge in [0.05, 0.1) is 0 Å². The van der Waals surface area contributed by atoms with Crippen molar-refractivity contribution >= 4 is 30.1 Å². The monoisotopic (exact) mass is 384 g/mol. The highest BCUT2D eigenvalue weighted by Crippen LogP contribution is 2.34. The third-order valence-corrected chi connectivity index (χ3v) is 5.95. The third-order valence-electron chi connectivity index (χ3n) is 4.95. The number of ether oxygens (including phenoxy) is 2. The van der Waals surface area contributed by atoms with E-state index in [2.05, 4.69) is 10.6 Å². The zero-order chi connectivity index (χ0) is 16.4. The number of hydrogen-bond acceptors (Lipinski definition) is 5. The number of hydrogen-bond donors (Lipinski definition) is 2. The molecule has 5 nitrogen and oxygen atoms in total. The maximum Gasteiger partial charge on any atom is 0.221 e. The fourth-order valence-electron chi connectivity index (χ4n) is 3.85. The first-order valence-electron chi connectivity index (χ1n) is 8.84. The van der Waals surface area contributed by atoms with E-state index in [1.165, 1.54) is 12.8 Å². The van der Waals surface area contributed by atoms with Crippen LogP contribution in [0.15, 0.2) is 23.1 Å². The molecule has 2 N–H and O–H groups in total. The highest BCUT2D eigenvalue weighted by atomic mass is 35.5. The number of amides is 1. The number of carbonyl (C=O) groups excluding carboxylic acids is 1. The highest BCUT2D eigenvalue weighted by Gasteiger charge is 2.33. The fourth-order valence-corrected chi connectivity index (χ4v) is 4.73. The second kappa shape index (κ2) is 8.52. The van der Waals surface area contributed by atoms with Gasteiger partial charge in [0.1, 0.15) is 13.2 Å². The first-order chi connectivity index (χ1) is 11.8. The van der Waals surface area contributed by atoms with E-state index in [1.54, 1.807) is 11.8 Å². The Balaban J connectivity index is 0.00000182. The number of halogens is 1. The van der Waals surface area contributed by atoms with Crippen LogP contribution in [0.5, 0.6) is 11.5 Å². The molecule has 7 heteroatoms. The second-order valence-electron chi connectivity index (χ2n) is 6.78. The average molecular weight is 385 g/mol. The van der Waals surface area contributed by atoms with E-state index >= 15 is 0 Å². The van der Waals surface area contributed by atoms with Crippen LogP contribution in [0.4, 0.5) is 0 Å². The summed E-state index contributed by atoms with van der Waals surface area (Å²) in [5, 5.41) is 6.82. The summed E-state index contributed by atoms with van der Waals surface area (Å²) in [6.07, 6.45) is 5.24. The Morgan fingerprint density at radius 2 is 1.88 bits per heavy atom. The van der Waals surface area contributed by atoms with Gasteiger partial charge in [-0.05, 0) is 43.9 Å². The Kier molecular flexibility index (Phi) is 6.36.